The van der Waals surface area contributed by atoms with Gasteiger partial charge in [-0.3, -0.25) is 4.79 Å². The molecule has 2 aromatic rings. The van der Waals surface area contributed by atoms with Gasteiger partial charge in [0.2, 0.25) is 0 Å². The first-order valence-electron chi connectivity index (χ1n) is 7.48. The van der Waals surface area contributed by atoms with Crippen molar-refractivity contribution in [2.24, 2.45) is 0 Å². The van der Waals surface area contributed by atoms with Crippen LogP contribution in [0.1, 0.15) is 12.0 Å². The van der Waals surface area contributed by atoms with Crippen molar-refractivity contribution in [3.63, 3.8) is 0 Å². The minimum Gasteiger partial charge on any atom is -0.494 e. The zero-order valence-electron chi connectivity index (χ0n) is 13.0. The first kappa shape index (κ1) is 17.2. The molecule has 1 amide bonds. The van der Waals surface area contributed by atoms with E-state index >= 15 is 0 Å². The number of benzene rings is 2. The van der Waals surface area contributed by atoms with Crippen molar-refractivity contribution in [1.29, 1.82) is 0 Å². The van der Waals surface area contributed by atoms with Crippen LogP contribution >= 0.6 is 11.6 Å². The molecule has 0 unspecified atom stereocenters. The lowest BCUT2D eigenvalue weighted by Gasteiger charge is -2.10. The first-order chi connectivity index (χ1) is 11.1. The fourth-order valence-corrected chi connectivity index (χ4v) is 2.20. The van der Waals surface area contributed by atoms with Gasteiger partial charge in [-0.15, -0.1) is 0 Å². The third-order valence-electron chi connectivity index (χ3n) is 3.15. The molecular formula is C18H20ClNO3. The Bertz CT molecular complexity index is 631. The summed E-state index contributed by atoms with van der Waals surface area (Å²) >= 11 is 5.88. The molecule has 122 valence electrons. The van der Waals surface area contributed by atoms with E-state index in [-0.39, 0.29) is 12.5 Å². The fourth-order valence-electron chi connectivity index (χ4n) is 1.98. The topological polar surface area (TPSA) is 47.6 Å². The smallest absolute Gasteiger partial charge is 0.257 e. The van der Waals surface area contributed by atoms with Crippen molar-refractivity contribution in [1.82, 2.24) is 5.32 Å². The summed E-state index contributed by atoms with van der Waals surface area (Å²) in [6.45, 7) is 2.98. The van der Waals surface area contributed by atoms with E-state index in [1.54, 1.807) is 18.2 Å². The lowest BCUT2D eigenvalue weighted by atomic mass is 10.2. The minimum atomic E-state index is -0.154. The Labute approximate surface area is 141 Å². The predicted molar refractivity (Wildman–Crippen MR) is 91.2 cm³/mol. The molecule has 0 spiro atoms. The molecule has 0 saturated carbocycles. The number of para-hydroxylation sites is 1. The van der Waals surface area contributed by atoms with Crippen LogP contribution in [-0.4, -0.2) is 25.7 Å². The second kappa shape index (κ2) is 9.06. The molecule has 1 N–H and O–H groups in total. The number of carbonyl (C=O) groups is 1. The summed E-state index contributed by atoms with van der Waals surface area (Å²) in [4.78, 5) is 11.7. The number of nitrogens with one attached hydrogen (secondary N) is 1. The predicted octanol–water partition coefficient (Wildman–Crippen LogP) is 3.61. The van der Waals surface area contributed by atoms with Gasteiger partial charge >= 0.3 is 0 Å². The van der Waals surface area contributed by atoms with Crippen LogP contribution in [0, 0.1) is 6.92 Å². The van der Waals surface area contributed by atoms with Crippen molar-refractivity contribution < 1.29 is 14.3 Å². The molecule has 0 aliphatic rings. The van der Waals surface area contributed by atoms with Crippen LogP contribution in [0.3, 0.4) is 0 Å². The Balaban J connectivity index is 1.60. The average Bonchev–Trinajstić information content (AvgIpc) is 2.54. The molecule has 0 heterocycles. The largest absolute Gasteiger partial charge is 0.494 e. The molecule has 0 bridgehead atoms. The minimum absolute atomic E-state index is 0.0119. The summed E-state index contributed by atoms with van der Waals surface area (Å²) in [7, 11) is 0. The third-order valence-corrected chi connectivity index (χ3v) is 3.39. The Hall–Kier alpha value is -2.20. The van der Waals surface area contributed by atoms with Crippen molar-refractivity contribution >= 4 is 17.5 Å². The zero-order chi connectivity index (χ0) is 16.5. The molecule has 0 aliphatic heterocycles. The van der Waals surface area contributed by atoms with Crippen LogP contribution in [0.4, 0.5) is 0 Å². The molecule has 5 heteroatoms. The second-order valence-corrected chi connectivity index (χ2v) is 5.50. The number of carbonyl (C=O) groups excluding carboxylic acids is 1. The van der Waals surface area contributed by atoms with Crippen LogP contribution in [0.2, 0.25) is 5.02 Å². The van der Waals surface area contributed by atoms with E-state index in [4.69, 9.17) is 21.1 Å². The molecule has 0 aliphatic carbocycles. The number of rotatable bonds is 8. The Morgan fingerprint density at radius 2 is 1.91 bits per heavy atom. The fraction of sp³-hybridized carbons (Fsp3) is 0.278. The zero-order valence-corrected chi connectivity index (χ0v) is 13.8. The summed E-state index contributed by atoms with van der Waals surface area (Å²) in [6.07, 6.45) is 0.737. The molecule has 0 radical (unpaired) electrons. The van der Waals surface area contributed by atoms with Gasteiger partial charge in [0.25, 0.3) is 5.91 Å². The summed E-state index contributed by atoms with van der Waals surface area (Å²) < 4.78 is 11.0. The van der Waals surface area contributed by atoms with Crippen molar-refractivity contribution in [2.45, 2.75) is 13.3 Å². The average molecular weight is 334 g/mol. The molecule has 0 aromatic heterocycles. The van der Waals surface area contributed by atoms with Crippen LogP contribution < -0.4 is 14.8 Å². The number of aryl methyl sites for hydroxylation is 1. The second-order valence-electron chi connectivity index (χ2n) is 5.06. The van der Waals surface area contributed by atoms with E-state index in [2.05, 4.69) is 5.32 Å². The molecule has 0 saturated heterocycles. The molecule has 0 fully saturated rings. The standard InChI is InChI=1S/C18H20ClNO3/c1-14-12-15(19)8-9-17(14)23-13-18(21)20-10-5-11-22-16-6-3-2-4-7-16/h2-4,6-9,12H,5,10-11,13H2,1H3,(H,20,21). The van der Waals surface area contributed by atoms with Gasteiger partial charge in [0, 0.05) is 11.6 Å². The van der Waals surface area contributed by atoms with Crippen LogP contribution in [0.5, 0.6) is 11.5 Å². The number of hydrogen-bond donors (Lipinski definition) is 1. The van der Waals surface area contributed by atoms with Gasteiger partial charge in [-0.2, -0.15) is 0 Å². The van der Waals surface area contributed by atoms with Gasteiger partial charge in [-0.25, -0.2) is 0 Å². The lowest BCUT2D eigenvalue weighted by Crippen LogP contribution is -2.30. The maximum atomic E-state index is 11.7. The van der Waals surface area contributed by atoms with Crippen molar-refractivity contribution in [2.75, 3.05) is 19.8 Å². The molecule has 0 atom stereocenters. The van der Waals surface area contributed by atoms with Gasteiger partial charge in [-0.1, -0.05) is 29.8 Å². The van der Waals surface area contributed by atoms with E-state index in [0.29, 0.717) is 23.9 Å². The van der Waals surface area contributed by atoms with Crippen LogP contribution in [0.25, 0.3) is 0 Å². The number of amides is 1. The van der Waals surface area contributed by atoms with Gasteiger partial charge in [0.15, 0.2) is 6.61 Å². The normalized spacial score (nSPS) is 10.2. The van der Waals surface area contributed by atoms with E-state index in [1.165, 1.54) is 0 Å². The number of halogens is 1. The quantitative estimate of drug-likeness (QED) is 0.751. The first-order valence-corrected chi connectivity index (χ1v) is 7.86. The Kier molecular flexibility index (Phi) is 6.76. The molecular weight excluding hydrogens is 314 g/mol. The molecule has 23 heavy (non-hydrogen) atoms. The highest BCUT2D eigenvalue weighted by molar-refractivity contribution is 6.30. The summed E-state index contributed by atoms with van der Waals surface area (Å²) in [5.41, 5.74) is 0.904. The Morgan fingerprint density at radius 1 is 1.13 bits per heavy atom. The molecule has 2 rings (SSSR count). The maximum Gasteiger partial charge on any atom is 0.257 e. The Morgan fingerprint density at radius 3 is 2.65 bits per heavy atom. The van der Waals surface area contributed by atoms with E-state index in [0.717, 1.165) is 17.7 Å². The third kappa shape index (κ3) is 6.20. The highest BCUT2D eigenvalue weighted by atomic mass is 35.5. The van der Waals surface area contributed by atoms with Crippen molar-refractivity contribution in [3.05, 3.63) is 59.1 Å². The van der Waals surface area contributed by atoms with Gasteiger partial charge in [0.1, 0.15) is 11.5 Å². The molecule has 4 nitrogen and oxygen atoms in total. The monoisotopic (exact) mass is 333 g/mol. The summed E-state index contributed by atoms with van der Waals surface area (Å²) in [5, 5.41) is 3.45. The van der Waals surface area contributed by atoms with E-state index in [1.807, 2.05) is 37.3 Å². The highest BCUT2D eigenvalue weighted by Crippen LogP contribution is 2.21. The SMILES string of the molecule is Cc1cc(Cl)ccc1OCC(=O)NCCCOc1ccccc1. The van der Waals surface area contributed by atoms with Crippen LogP contribution in [-0.2, 0) is 4.79 Å². The number of ether oxygens (including phenoxy) is 2. The molecule has 2 aromatic carbocycles. The lowest BCUT2D eigenvalue weighted by molar-refractivity contribution is -0.123. The van der Waals surface area contributed by atoms with Crippen molar-refractivity contribution in [3.8, 4) is 11.5 Å². The number of hydrogen-bond acceptors (Lipinski definition) is 3. The van der Waals surface area contributed by atoms with E-state index < -0.39 is 0 Å². The maximum absolute atomic E-state index is 11.7. The highest BCUT2D eigenvalue weighted by Gasteiger charge is 2.05. The summed E-state index contributed by atoms with van der Waals surface area (Å²) in [6, 6.07) is 14.9. The summed E-state index contributed by atoms with van der Waals surface area (Å²) in [5.74, 6) is 1.34. The van der Waals surface area contributed by atoms with Gasteiger partial charge < -0.3 is 14.8 Å². The van der Waals surface area contributed by atoms with Gasteiger partial charge in [-0.05, 0) is 49.2 Å². The van der Waals surface area contributed by atoms with Crippen LogP contribution in [0.15, 0.2) is 48.5 Å². The van der Waals surface area contributed by atoms with E-state index in [9.17, 15) is 4.79 Å². The van der Waals surface area contributed by atoms with Gasteiger partial charge in [0.05, 0.1) is 6.61 Å².